The summed E-state index contributed by atoms with van der Waals surface area (Å²) in [6, 6.07) is 0. The number of fused-ring (bicyclic) bond motifs is 1. The van der Waals surface area contributed by atoms with Crippen molar-refractivity contribution in [3.63, 3.8) is 0 Å². The highest BCUT2D eigenvalue weighted by atomic mass is 32.1. The van der Waals surface area contributed by atoms with Gasteiger partial charge in [0.1, 0.15) is 28.4 Å². The van der Waals surface area contributed by atoms with Crippen molar-refractivity contribution in [3.8, 4) is 0 Å². The lowest BCUT2D eigenvalue weighted by Gasteiger charge is -2.32. The Labute approximate surface area is 161 Å². The van der Waals surface area contributed by atoms with E-state index in [2.05, 4.69) is 39.2 Å². The van der Waals surface area contributed by atoms with Crippen molar-refractivity contribution in [2.75, 3.05) is 23.3 Å². The largest absolute Gasteiger partial charge is 0.359 e. The fourth-order valence-electron chi connectivity index (χ4n) is 3.64. The molecule has 0 aliphatic carbocycles. The van der Waals surface area contributed by atoms with E-state index in [0.717, 1.165) is 42.0 Å². The van der Waals surface area contributed by atoms with Crippen LogP contribution in [-0.2, 0) is 4.79 Å². The van der Waals surface area contributed by atoms with Gasteiger partial charge in [-0.3, -0.25) is 4.79 Å². The van der Waals surface area contributed by atoms with Crippen molar-refractivity contribution in [1.29, 1.82) is 0 Å². The molecule has 0 radical (unpaired) electrons. The molecular weight excluding hydrogens is 362 g/mol. The fraction of sp³-hybridized carbons (Fsp3) is 0.474. The summed E-state index contributed by atoms with van der Waals surface area (Å²) in [5.74, 6) is 1.66. The first-order valence-corrected chi connectivity index (χ1v) is 9.96. The molecule has 4 rings (SSSR count). The second kappa shape index (κ2) is 6.92. The average Bonchev–Trinajstić information content (AvgIpc) is 3.14. The van der Waals surface area contributed by atoms with Gasteiger partial charge in [0.2, 0.25) is 5.91 Å². The maximum Gasteiger partial charge on any atom is 0.227 e. The van der Waals surface area contributed by atoms with Crippen LogP contribution in [0.2, 0.25) is 0 Å². The van der Waals surface area contributed by atoms with Gasteiger partial charge in [-0.1, -0.05) is 5.16 Å². The molecule has 4 heterocycles. The van der Waals surface area contributed by atoms with Crippen LogP contribution in [-0.4, -0.2) is 34.1 Å². The number of aryl methyl sites for hydroxylation is 4. The number of carbonyl (C=O) groups is 1. The molecule has 7 nitrogen and oxygen atoms in total. The number of rotatable bonds is 3. The molecule has 1 N–H and O–H groups in total. The van der Waals surface area contributed by atoms with Gasteiger partial charge >= 0.3 is 0 Å². The van der Waals surface area contributed by atoms with E-state index in [9.17, 15) is 4.79 Å². The van der Waals surface area contributed by atoms with Gasteiger partial charge in [0.25, 0.3) is 0 Å². The molecule has 0 unspecified atom stereocenters. The lowest BCUT2D eigenvalue weighted by atomic mass is 9.95. The Morgan fingerprint density at radius 2 is 1.96 bits per heavy atom. The first-order valence-electron chi connectivity index (χ1n) is 9.15. The van der Waals surface area contributed by atoms with Crippen LogP contribution >= 0.6 is 11.3 Å². The number of nitrogens with one attached hydrogen (secondary N) is 1. The highest BCUT2D eigenvalue weighted by Crippen LogP contribution is 2.35. The third kappa shape index (κ3) is 3.18. The van der Waals surface area contributed by atoms with Crippen LogP contribution < -0.4 is 10.2 Å². The molecule has 0 atom stereocenters. The number of thiophene rings is 1. The summed E-state index contributed by atoms with van der Waals surface area (Å²) in [6.45, 7) is 9.51. The smallest absolute Gasteiger partial charge is 0.227 e. The SMILES string of the molecule is Cc1noc(C)c1NC(=O)C1CCN(c2ncnc3sc(C)c(C)c23)CC1. The molecule has 3 aromatic heterocycles. The molecule has 1 saturated heterocycles. The molecule has 1 aliphatic rings. The van der Waals surface area contributed by atoms with Crippen LogP contribution in [0.4, 0.5) is 11.5 Å². The standard InChI is InChI=1S/C19H23N5O2S/c1-10-13(4)27-19-15(10)17(20-9-21-19)24-7-5-14(6-8-24)18(25)22-16-11(2)23-26-12(16)3/h9,14H,5-8H2,1-4H3,(H,22,25). The summed E-state index contributed by atoms with van der Waals surface area (Å²) >= 11 is 1.71. The highest BCUT2D eigenvalue weighted by molar-refractivity contribution is 7.18. The Morgan fingerprint density at radius 1 is 1.22 bits per heavy atom. The lowest BCUT2D eigenvalue weighted by molar-refractivity contribution is -0.120. The van der Waals surface area contributed by atoms with E-state index in [0.29, 0.717) is 17.1 Å². The molecule has 27 heavy (non-hydrogen) atoms. The number of amides is 1. The summed E-state index contributed by atoms with van der Waals surface area (Å²) in [5, 5.41) is 8.03. The zero-order chi connectivity index (χ0) is 19.1. The van der Waals surface area contributed by atoms with E-state index in [1.807, 2.05) is 13.8 Å². The van der Waals surface area contributed by atoms with Crippen molar-refractivity contribution in [1.82, 2.24) is 15.1 Å². The molecule has 0 aromatic carbocycles. The van der Waals surface area contributed by atoms with Gasteiger partial charge in [0.05, 0.1) is 5.39 Å². The van der Waals surface area contributed by atoms with Crippen LogP contribution in [0.15, 0.2) is 10.9 Å². The summed E-state index contributed by atoms with van der Waals surface area (Å²) in [6.07, 6.45) is 3.23. The van der Waals surface area contributed by atoms with Crippen LogP contribution in [0, 0.1) is 33.6 Å². The number of carbonyl (C=O) groups excluding carboxylic acids is 1. The van der Waals surface area contributed by atoms with Gasteiger partial charge < -0.3 is 14.7 Å². The van der Waals surface area contributed by atoms with Crippen molar-refractivity contribution in [2.45, 2.75) is 40.5 Å². The second-order valence-electron chi connectivity index (χ2n) is 7.11. The molecule has 1 aliphatic heterocycles. The van der Waals surface area contributed by atoms with Crippen LogP contribution in [0.3, 0.4) is 0 Å². The van der Waals surface area contributed by atoms with Gasteiger partial charge in [-0.05, 0) is 46.1 Å². The molecule has 0 bridgehead atoms. The molecule has 142 valence electrons. The number of piperidine rings is 1. The Hall–Kier alpha value is -2.48. The molecule has 8 heteroatoms. The molecule has 1 fully saturated rings. The molecule has 0 saturated carbocycles. The average molecular weight is 385 g/mol. The monoisotopic (exact) mass is 385 g/mol. The Bertz CT molecular complexity index is 982. The van der Waals surface area contributed by atoms with Gasteiger partial charge in [-0.15, -0.1) is 11.3 Å². The summed E-state index contributed by atoms with van der Waals surface area (Å²) in [5.41, 5.74) is 2.66. The predicted molar refractivity (Wildman–Crippen MR) is 106 cm³/mol. The van der Waals surface area contributed by atoms with Crippen molar-refractivity contribution in [2.24, 2.45) is 5.92 Å². The number of hydrogen-bond donors (Lipinski definition) is 1. The Kier molecular flexibility index (Phi) is 4.59. The fourth-order valence-corrected chi connectivity index (χ4v) is 4.64. The minimum atomic E-state index is -0.0161. The van der Waals surface area contributed by atoms with Crippen LogP contribution in [0.5, 0.6) is 0 Å². The Morgan fingerprint density at radius 3 is 2.63 bits per heavy atom. The maximum absolute atomic E-state index is 12.7. The zero-order valence-corrected chi connectivity index (χ0v) is 16.8. The number of nitrogens with zero attached hydrogens (tertiary/aromatic N) is 4. The van der Waals surface area contributed by atoms with Crippen molar-refractivity contribution in [3.05, 3.63) is 28.2 Å². The zero-order valence-electron chi connectivity index (χ0n) is 16.0. The van der Waals surface area contributed by atoms with E-state index in [1.165, 1.54) is 10.4 Å². The Balaban J connectivity index is 1.47. The van der Waals surface area contributed by atoms with E-state index >= 15 is 0 Å². The first-order chi connectivity index (χ1) is 13.0. The van der Waals surface area contributed by atoms with E-state index in [4.69, 9.17) is 4.52 Å². The predicted octanol–water partition coefficient (Wildman–Crippen LogP) is 3.77. The third-order valence-electron chi connectivity index (χ3n) is 5.39. The van der Waals surface area contributed by atoms with E-state index < -0.39 is 0 Å². The van der Waals surface area contributed by atoms with E-state index in [-0.39, 0.29) is 11.8 Å². The van der Waals surface area contributed by atoms with Gasteiger partial charge in [0, 0.05) is 23.9 Å². The maximum atomic E-state index is 12.7. The first kappa shape index (κ1) is 17.9. The van der Waals surface area contributed by atoms with Gasteiger partial charge in [-0.2, -0.15) is 0 Å². The summed E-state index contributed by atoms with van der Waals surface area (Å²) in [7, 11) is 0. The van der Waals surface area contributed by atoms with Gasteiger partial charge in [0.15, 0.2) is 5.76 Å². The molecular formula is C19H23N5O2S. The van der Waals surface area contributed by atoms with Gasteiger partial charge in [-0.25, -0.2) is 9.97 Å². The lowest BCUT2D eigenvalue weighted by Crippen LogP contribution is -2.38. The normalized spacial score (nSPS) is 15.5. The molecule has 1 amide bonds. The van der Waals surface area contributed by atoms with Crippen LogP contribution in [0.1, 0.15) is 34.7 Å². The van der Waals surface area contributed by atoms with Crippen LogP contribution in [0.25, 0.3) is 10.2 Å². The summed E-state index contributed by atoms with van der Waals surface area (Å²) < 4.78 is 5.13. The second-order valence-corrected chi connectivity index (χ2v) is 8.31. The van der Waals surface area contributed by atoms with Crippen molar-refractivity contribution >= 4 is 39.0 Å². The molecule has 3 aromatic rings. The third-order valence-corrected chi connectivity index (χ3v) is 6.51. The minimum absolute atomic E-state index is 0.0161. The summed E-state index contributed by atoms with van der Waals surface area (Å²) in [4.78, 5) is 26.2. The van der Waals surface area contributed by atoms with E-state index in [1.54, 1.807) is 17.7 Å². The van der Waals surface area contributed by atoms with Crippen molar-refractivity contribution < 1.29 is 9.32 Å². The minimum Gasteiger partial charge on any atom is -0.359 e. The molecule has 0 spiro atoms. The number of anilines is 2. The number of aromatic nitrogens is 3. The number of hydrogen-bond acceptors (Lipinski definition) is 7. The highest BCUT2D eigenvalue weighted by Gasteiger charge is 2.28. The topological polar surface area (TPSA) is 84.2 Å². The quantitative estimate of drug-likeness (QED) is 0.739.